The van der Waals surface area contributed by atoms with Crippen LogP contribution in [0.3, 0.4) is 0 Å². The molecule has 1 atom stereocenters. The maximum absolute atomic E-state index is 13.0. The van der Waals surface area contributed by atoms with Gasteiger partial charge in [0, 0.05) is 19.2 Å². The largest absolute Gasteiger partial charge is 0.476 e. The van der Waals surface area contributed by atoms with Crippen LogP contribution in [0.25, 0.3) is 0 Å². The van der Waals surface area contributed by atoms with Crippen LogP contribution >= 0.6 is 0 Å². The van der Waals surface area contributed by atoms with E-state index in [1.54, 1.807) is 15.9 Å². The predicted molar refractivity (Wildman–Crippen MR) is 91.4 cm³/mol. The van der Waals surface area contributed by atoms with Crippen molar-refractivity contribution in [2.24, 2.45) is 0 Å². The topological polar surface area (TPSA) is 49.9 Å². The quantitative estimate of drug-likeness (QED) is 0.810. The van der Waals surface area contributed by atoms with E-state index >= 15 is 0 Å². The van der Waals surface area contributed by atoms with Gasteiger partial charge in [0.1, 0.15) is 5.75 Å². The maximum atomic E-state index is 13.0. The third kappa shape index (κ3) is 2.33. The fraction of sp³-hybridized carbons (Fsp3) is 0.263. The zero-order valence-corrected chi connectivity index (χ0v) is 13.4. The number of rotatable bonds is 1. The van der Waals surface area contributed by atoms with Gasteiger partial charge in [0.05, 0.1) is 12.2 Å². The van der Waals surface area contributed by atoms with Gasteiger partial charge >= 0.3 is 0 Å². The SMILES string of the molecule is CC(=O)N1CC(C(=O)N2CCc3ccccc32)Oc2ccccc21. The highest BCUT2D eigenvalue weighted by Crippen LogP contribution is 2.35. The Morgan fingerprint density at radius 2 is 1.71 bits per heavy atom. The van der Waals surface area contributed by atoms with E-state index in [0.29, 0.717) is 12.3 Å². The van der Waals surface area contributed by atoms with E-state index < -0.39 is 6.10 Å². The minimum atomic E-state index is -0.685. The van der Waals surface area contributed by atoms with Crippen LogP contribution < -0.4 is 14.5 Å². The Balaban J connectivity index is 1.64. The number of hydrogen-bond acceptors (Lipinski definition) is 3. The van der Waals surface area contributed by atoms with Crippen LogP contribution in [-0.4, -0.2) is 31.0 Å². The summed E-state index contributed by atoms with van der Waals surface area (Å²) in [6.07, 6.45) is 0.164. The summed E-state index contributed by atoms with van der Waals surface area (Å²) in [5, 5.41) is 0. The van der Waals surface area contributed by atoms with E-state index in [4.69, 9.17) is 4.74 Å². The van der Waals surface area contributed by atoms with E-state index in [2.05, 4.69) is 0 Å². The van der Waals surface area contributed by atoms with Gasteiger partial charge in [-0.25, -0.2) is 0 Å². The number of ether oxygens (including phenoxy) is 1. The number of benzene rings is 2. The van der Waals surface area contributed by atoms with Gasteiger partial charge in [-0.15, -0.1) is 0 Å². The van der Waals surface area contributed by atoms with Crippen LogP contribution in [0.4, 0.5) is 11.4 Å². The van der Waals surface area contributed by atoms with Gasteiger partial charge in [0.15, 0.2) is 6.10 Å². The van der Waals surface area contributed by atoms with E-state index in [-0.39, 0.29) is 18.4 Å². The van der Waals surface area contributed by atoms with Gasteiger partial charge in [-0.2, -0.15) is 0 Å². The summed E-state index contributed by atoms with van der Waals surface area (Å²) in [6, 6.07) is 15.2. The van der Waals surface area contributed by atoms with Gasteiger partial charge in [-0.3, -0.25) is 9.59 Å². The number of carbonyl (C=O) groups is 2. The number of amides is 2. The summed E-state index contributed by atoms with van der Waals surface area (Å²) in [5.41, 5.74) is 2.83. The zero-order valence-electron chi connectivity index (χ0n) is 13.4. The van der Waals surface area contributed by atoms with Gasteiger partial charge < -0.3 is 14.5 Å². The summed E-state index contributed by atoms with van der Waals surface area (Å²) in [6.45, 7) is 2.40. The smallest absolute Gasteiger partial charge is 0.269 e. The van der Waals surface area contributed by atoms with Crippen LogP contribution in [0.15, 0.2) is 48.5 Å². The summed E-state index contributed by atoms with van der Waals surface area (Å²) in [4.78, 5) is 28.4. The van der Waals surface area contributed by atoms with Crippen LogP contribution in [0.2, 0.25) is 0 Å². The molecule has 24 heavy (non-hydrogen) atoms. The minimum absolute atomic E-state index is 0.0922. The molecule has 0 aromatic heterocycles. The lowest BCUT2D eigenvalue weighted by atomic mass is 10.1. The van der Waals surface area contributed by atoms with Crippen LogP contribution in [0.5, 0.6) is 5.75 Å². The van der Waals surface area contributed by atoms with E-state index in [1.165, 1.54) is 12.5 Å². The molecule has 0 bridgehead atoms. The summed E-state index contributed by atoms with van der Waals surface area (Å²) < 4.78 is 5.92. The van der Waals surface area contributed by atoms with E-state index in [9.17, 15) is 9.59 Å². The predicted octanol–water partition coefficient (Wildman–Crippen LogP) is 2.39. The van der Waals surface area contributed by atoms with Crippen molar-refractivity contribution >= 4 is 23.2 Å². The molecule has 1 unspecified atom stereocenters. The average Bonchev–Trinajstić information content (AvgIpc) is 3.04. The Labute approximate surface area is 140 Å². The molecule has 0 aliphatic carbocycles. The van der Waals surface area contributed by atoms with Crippen LogP contribution in [-0.2, 0) is 16.0 Å². The van der Waals surface area contributed by atoms with Crippen molar-refractivity contribution in [1.82, 2.24) is 0 Å². The molecule has 122 valence electrons. The Kier molecular flexibility index (Phi) is 3.49. The molecule has 2 aromatic rings. The standard InChI is InChI=1S/C19H18N2O3/c1-13(22)21-12-18(24-17-9-5-4-8-16(17)21)19(23)20-11-10-14-6-2-3-7-15(14)20/h2-9,18H,10-12H2,1H3. The Morgan fingerprint density at radius 1 is 1.00 bits per heavy atom. The molecule has 0 spiro atoms. The van der Waals surface area contributed by atoms with Crippen molar-refractivity contribution in [1.29, 1.82) is 0 Å². The first-order valence-corrected chi connectivity index (χ1v) is 8.08. The molecule has 0 N–H and O–H groups in total. The molecule has 0 fully saturated rings. The lowest BCUT2D eigenvalue weighted by Crippen LogP contribution is -2.51. The van der Waals surface area contributed by atoms with Crippen molar-refractivity contribution in [3.8, 4) is 5.75 Å². The number of carbonyl (C=O) groups excluding carboxylic acids is 2. The maximum Gasteiger partial charge on any atom is 0.269 e. The molecule has 2 aliphatic heterocycles. The van der Waals surface area contributed by atoms with Crippen LogP contribution in [0, 0.1) is 0 Å². The molecule has 0 saturated heterocycles. The fourth-order valence-electron chi connectivity index (χ4n) is 3.40. The fourth-order valence-corrected chi connectivity index (χ4v) is 3.40. The van der Waals surface area contributed by atoms with Crippen molar-refractivity contribution in [3.63, 3.8) is 0 Å². The Bertz CT molecular complexity index is 818. The van der Waals surface area contributed by atoms with Crippen molar-refractivity contribution in [2.75, 3.05) is 22.9 Å². The lowest BCUT2D eigenvalue weighted by Gasteiger charge is -2.35. The van der Waals surface area contributed by atoms with E-state index in [0.717, 1.165) is 17.8 Å². The first-order chi connectivity index (χ1) is 11.6. The molecular formula is C19H18N2O3. The monoisotopic (exact) mass is 322 g/mol. The first kappa shape index (κ1) is 14.8. The van der Waals surface area contributed by atoms with Gasteiger partial charge in [-0.05, 0) is 30.2 Å². The number of anilines is 2. The number of fused-ring (bicyclic) bond motifs is 2. The average molecular weight is 322 g/mol. The van der Waals surface area contributed by atoms with Gasteiger partial charge in [0.2, 0.25) is 5.91 Å². The normalized spacial score (nSPS) is 18.6. The second-order valence-electron chi connectivity index (χ2n) is 6.07. The van der Waals surface area contributed by atoms with Gasteiger partial charge in [-0.1, -0.05) is 30.3 Å². The van der Waals surface area contributed by atoms with Crippen molar-refractivity contribution in [2.45, 2.75) is 19.4 Å². The van der Waals surface area contributed by atoms with Crippen LogP contribution in [0.1, 0.15) is 12.5 Å². The van der Waals surface area contributed by atoms with Crippen molar-refractivity contribution in [3.05, 3.63) is 54.1 Å². The molecular weight excluding hydrogens is 304 g/mol. The zero-order chi connectivity index (χ0) is 16.7. The molecule has 4 rings (SSSR count). The Hall–Kier alpha value is -2.82. The molecule has 2 aliphatic rings. The second-order valence-corrected chi connectivity index (χ2v) is 6.07. The summed E-state index contributed by atoms with van der Waals surface area (Å²) in [5.74, 6) is 0.385. The molecule has 5 nitrogen and oxygen atoms in total. The first-order valence-electron chi connectivity index (χ1n) is 8.08. The Morgan fingerprint density at radius 3 is 2.50 bits per heavy atom. The minimum Gasteiger partial charge on any atom is -0.476 e. The molecule has 2 aromatic carbocycles. The third-order valence-corrected chi connectivity index (χ3v) is 4.58. The summed E-state index contributed by atoms with van der Waals surface area (Å²) >= 11 is 0. The molecule has 2 heterocycles. The van der Waals surface area contributed by atoms with Gasteiger partial charge in [0.25, 0.3) is 5.91 Å². The molecule has 2 amide bonds. The third-order valence-electron chi connectivity index (χ3n) is 4.58. The second kappa shape index (κ2) is 5.67. The highest BCUT2D eigenvalue weighted by atomic mass is 16.5. The highest BCUT2D eigenvalue weighted by molar-refractivity contribution is 6.01. The number of hydrogen-bond donors (Lipinski definition) is 0. The summed E-state index contributed by atoms with van der Waals surface area (Å²) in [7, 11) is 0. The van der Waals surface area contributed by atoms with E-state index in [1.807, 2.05) is 42.5 Å². The number of nitrogens with zero attached hydrogens (tertiary/aromatic N) is 2. The molecule has 0 saturated carbocycles. The van der Waals surface area contributed by atoms with Crippen molar-refractivity contribution < 1.29 is 14.3 Å². The number of para-hydroxylation sites is 3. The molecule has 5 heteroatoms. The highest BCUT2D eigenvalue weighted by Gasteiger charge is 2.37. The lowest BCUT2D eigenvalue weighted by molar-refractivity contribution is -0.125. The molecule has 0 radical (unpaired) electrons.